The molecule has 0 aromatic rings. The van der Waals surface area contributed by atoms with Gasteiger partial charge in [-0.05, 0) is 70.3 Å². The monoisotopic (exact) mass is 302 g/mol. The van der Waals surface area contributed by atoms with Gasteiger partial charge in [-0.1, -0.05) is 54.9 Å². The molecule has 0 atom stereocenters. The van der Waals surface area contributed by atoms with Crippen LogP contribution in [0.15, 0.2) is 46.6 Å². The van der Waals surface area contributed by atoms with Crippen LogP contribution in [0.2, 0.25) is 0 Å². The van der Waals surface area contributed by atoms with E-state index in [1.807, 2.05) is 6.08 Å². The van der Waals surface area contributed by atoms with E-state index in [-0.39, 0.29) is 6.61 Å². The van der Waals surface area contributed by atoms with Crippen molar-refractivity contribution in [3.8, 4) is 0 Å². The van der Waals surface area contributed by atoms with Gasteiger partial charge in [0.1, 0.15) is 0 Å². The second-order valence-electron chi connectivity index (χ2n) is 7.34. The van der Waals surface area contributed by atoms with Crippen molar-refractivity contribution in [3.63, 3.8) is 0 Å². The molecule has 1 N–H and O–H groups in total. The SMILES string of the molecule is CC(C=CC1=C(C)CCCC1(C)C)=CCCCC(C)=CCO. The Labute approximate surface area is 137 Å². The molecule has 0 unspecified atom stereocenters. The first-order valence-electron chi connectivity index (χ1n) is 8.68. The number of allylic oxidation sites excluding steroid dienone is 7. The van der Waals surface area contributed by atoms with E-state index >= 15 is 0 Å². The van der Waals surface area contributed by atoms with Gasteiger partial charge < -0.3 is 5.11 Å². The minimum Gasteiger partial charge on any atom is -0.392 e. The Balaban J connectivity index is 2.55. The van der Waals surface area contributed by atoms with E-state index in [4.69, 9.17) is 5.11 Å². The number of aliphatic hydroxyl groups excluding tert-OH is 1. The highest BCUT2D eigenvalue weighted by Gasteiger charge is 2.26. The molecule has 22 heavy (non-hydrogen) atoms. The summed E-state index contributed by atoms with van der Waals surface area (Å²) in [7, 11) is 0. The Bertz CT molecular complexity index is 472. The lowest BCUT2D eigenvalue weighted by Gasteiger charge is -2.32. The fourth-order valence-corrected chi connectivity index (χ4v) is 3.26. The van der Waals surface area contributed by atoms with Crippen molar-refractivity contribution in [1.82, 2.24) is 0 Å². The van der Waals surface area contributed by atoms with Gasteiger partial charge in [0.2, 0.25) is 0 Å². The summed E-state index contributed by atoms with van der Waals surface area (Å²) in [4.78, 5) is 0. The number of aliphatic hydroxyl groups is 1. The Morgan fingerprint density at radius 2 is 1.95 bits per heavy atom. The average molecular weight is 303 g/mol. The van der Waals surface area contributed by atoms with Crippen molar-refractivity contribution in [1.29, 1.82) is 0 Å². The number of unbranched alkanes of at least 4 members (excludes halogenated alkanes) is 1. The normalized spacial score (nSPS) is 20.1. The average Bonchev–Trinajstić information content (AvgIpc) is 2.42. The summed E-state index contributed by atoms with van der Waals surface area (Å²) in [6.45, 7) is 11.5. The van der Waals surface area contributed by atoms with Crippen LogP contribution in [0.4, 0.5) is 0 Å². The molecule has 0 aliphatic heterocycles. The minimum atomic E-state index is 0.160. The van der Waals surface area contributed by atoms with Gasteiger partial charge >= 0.3 is 0 Å². The molecule has 0 radical (unpaired) electrons. The lowest BCUT2D eigenvalue weighted by molar-refractivity contribution is 0.341. The molecule has 0 heterocycles. The fourth-order valence-electron chi connectivity index (χ4n) is 3.26. The molecule has 1 nitrogen and oxygen atoms in total. The topological polar surface area (TPSA) is 20.2 Å². The van der Waals surface area contributed by atoms with Crippen molar-refractivity contribution in [2.45, 2.75) is 73.1 Å². The Kier molecular flexibility index (Phi) is 7.89. The van der Waals surface area contributed by atoms with Gasteiger partial charge in [-0.25, -0.2) is 0 Å². The summed E-state index contributed by atoms with van der Waals surface area (Å²) in [6, 6.07) is 0. The van der Waals surface area contributed by atoms with Crippen LogP contribution in [0, 0.1) is 5.41 Å². The van der Waals surface area contributed by atoms with Gasteiger partial charge in [0, 0.05) is 0 Å². The summed E-state index contributed by atoms with van der Waals surface area (Å²) in [5, 5.41) is 8.84. The molecule has 124 valence electrons. The van der Waals surface area contributed by atoms with Gasteiger partial charge in [-0.15, -0.1) is 0 Å². The quantitative estimate of drug-likeness (QED) is 0.341. The predicted octanol–water partition coefficient (Wildman–Crippen LogP) is 6.12. The van der Waals surface area contributed by atoms with Crippen molar-refractivity contribution in [2.75, 3.05) is 6.61 Å². The van der Waals surface area contributed by atoms with E-state index in [1.165, 1.54) is 36.0 Å². The van der Waals surface area contributed by atoms with Crippen molar-refractivity contribution in [2.24, 2.45) is 5.41 Å². The Morgan fingerprint density at radius 1 is 1.23 bits per heavy atom. The third-order valence-corrected chi connectivity index (χ3v) is 4.74. The minimum absolute atomic E-state index is 0.160. The number of hydrogen-bond acceptors (Lipinski definition) is 1. The lowest BCUT2D eigenvalue weighted by atomic mass is 9.72. The van der Waals surface area contributed by atoms with Crippen molar-refractivity contribution >= 4 is 0 Å². The first kappa shape index (κ1) is 19.0. The number of rotatable bonds is 7. The summed E-state index contributed by atoms with van der Waals surface area (Å²) in [6.07, 6.45) is 16.1. The third kappa shape index (κ3) is 6.36. The first-order chi connectivity index (χ1) is 10.4. The van der Waals surface area contributed by atoms with Crippen molar-refractivity contribution in [3.05, 3.63) is 46.6 Å². The van der Waals surface area contributed by atoms with Crippen LogP contribution in [0.1, 0.15) is 73.1 Å². The van der Waals surface area contributed by atoms with Crippen LogP contribution in [-0.4, -0.2) is 11.7 Å². The van der Waals surface area contributed by atoms with Gasteiger partial charge in [0.05, 0.1) is 6.61 Å². The largest absolute Gasteiger partial charge is 0.392 e. The summed E-state index contributed by atoms with van der Waals surface area (Å²) >= 11 is 0. The van der Waals surface area contributed by atoms with Crippen LogP contribution in [0.5, 0.6) is 0 Å². The van der Waals surface area contributed by atoms with Crippen LogP contribution in [0.25, 0.3) is 0 Å². The standard InChI is InChI=1S/C21H34O/c1-17(9-6-7-10-18(2)14-16-22)12-13-20-19(3)11-8-15-21(20,4)5/h9,12-14,22H,6-8,10-11,15-16H2,1-5H3. The maximum atomic E-state index is 8.84. The second kappa shape index (κ2) is 9.15. The maximum Gasteiger partial charge on any atom is 0.0614 e. The molecule has 0 bridgehead atoms. The molecule has 0 amide bonds. The Hall–Kier alpha value is -1.08. The maximum absolute atomic E-state index is 8.84. The zero-order valence-corrected chi connectivity index (χ0v) is 15.2. The van der Waals surface area contributed by atoms with E-state index in [0.717, 1.165) is 19.3 Å². The zero-order chi connectivity index (χ0) is 16.6. The van der Waals surface area contributed by atoms with Crippen LogP contribution >= 0.6 is 0 Å². The van der Waals surface area contributed by atoms with Gasteiger partial charge in [0.15, 0.2) is 0 Å². The second-order valence-corrected chi connectivity index (χ2v) is 7.34. The molecule has 1 heteroatoms. The van der Waals surface area contributed by atoms with Crippen molar-refractivity contribution < 1.29 is 5.11 Å². The molecule has 0 spiro atoms. The van der Waals surface area contributed by atoms with Crippen LogP contribution in [0.3, 0.4) is 0 Å². The molecule has 0 aromatic heterocycles. The van der Waals surface area contributed by atoms with E-state index in [9.17, 15) is 0 Å². The molecule has 0 aromatic carbocycles. The zero-order valence-electron chi connectivity index (χ0n) is 15.2. The van der Waals surface area contributed by atoms with Crippen LogP contribution in [-0.2, 0) is 0 Å². The molecule has 0 saturated carbocycles. The van der Waals surface area contributed by atoms with E-state index in [0.29, 0.717) is 5.41 Å². The van der Waals surface area contributed by atoms with Gasteiger partial charge in [-0.3, -0.25) is 0 Å². The van der Waals surface area contributed by atoms with E-state index in [2.05, 4.69) is 52.8 Å². The number of hydrogen-bond donors (Lipinski definition) is 1. The Morgan fingerprint density at radius 3 is 2.59 bits per heavy atom. The molecular weight excluding hydrogens is 268 g/mol. The smallest absolute Gasteiger partial charge is 0.0614 e. The highest BCUT2D eigenvalue weighted by atomic mass is 16.2. The van der Waals surface area contributed by atoms with E-state index < -0.39 is 0 Å². The molecule has 0 fully saturated rings. The molecule has 1 aliphatic carbocycles. The molecule has 0 saturated heterocycles. The lowest BCUT2D eigenvalue weighted by Crippen LogP contribution is -2.19. The van der Waals surface area contributed by atoms with Gasteiger partial charge in [-0.2, -0.15) is 0 Å². The molecule has 1 aliphatic rings. The first-order valence-corrected chi connectivity index (χ1v) is 8.68. The van der Waals surface area contributed by atoms with E-state index in [1.54, 1.807) is 5.57 Å². The third-order valence-electron chi connectivity index (χ3n) is 4.74. The predicted molar refractivity (Wildman–Crippen MR) is 97.9 cm³/mol. The van der Waals surface area contributed by atoms with Gasteiger partial charge in [0.25, 0.3) is 0 Å². The summed E-state index contributed by atoms with van der Waals surface area (Å²) in [5.41, 5.74) is 6.06. The summed E-state index contributed by atoms with van der Waals surface area (Å²) in [5.74, 6) is 0. The molecule has 1 rings (SSSR count). The highest BCUT2D eigenvalue weighted by Crippen LogP contribution is 2.40. The summed E-state index contributed by atoms with van der Waals surface area (Å²) < 4.78 is 0. The molecular formula is C21H34O. The highest BCUT2D eigenvalue weighted by molar-refractivity contribution is 5.35. The fraction of sp³-hybridized carbons (Fsp3) is 0.619. The van der Waals surface area contributed by atoms with Crippen LogP contribution < -0.4 is 0 Å².